The van der Waals surface area contributed by atoms with E-state index in [0.717, 1.165) is 15.4 Å². The van der Waals surface area contributed by atoms with E-state index < -0.39 is 28.5 Å². The number of halogens is 2. The van der Waals surface area contributed by atoms with Gasteiger partial charge in [0.15, 0.2) is 0 Å². The van der Waals surface area contributed by atoms with Crippen molar-refractivity contribution in [1.29, 1.82) is 0 Å². The van der Waals surface area contributed by atoms with Gasteiger partial charge in [-0.25, -0.2) is 8.42 Å². The normalized spacial score (nSPS) is 12.1. The van der Waals surface area contributed by atoms with Gasteiger partial charge in [-0.15, -0.1) is 0 Å². The lowest BCUT2D eigenvalue weighted by atomic mass is 10.0. The summed E-state index contributed by atoms with van der Waals surface area (Å²) in [7, 11) is -4.20. The predicted molar refractivity (Wildman–Crippen MR) is 186 cm³/mol. The van der Waals surface area contributed by atoms with E-state index in [0.29, 0.717) is 33.4 Å². The van der Waals surface area contributed by atoms with E-state index in [1.165, 1.54) is 17.0 Å². The van der Waals surface area contributed by atoms with Crippen LogP contribution < -0.4 is 9.62 Å². The molecule has 0 saturated heterocycles. The Morgan fingerprint density at radius 2 is 1.39 bits per heavy atom. The van der Waals surface area contributed by atoms with Crippen molar-refractivity contribution in [3.05, 3.63) is 129 Å². The molecule has 4 aromatic rings. The Morgan fingerprint density at radius 1 is 0.804 bits per heavy atom. The third kappa shape index (κ3) is 8.49. The van der Waals surface area contributed by atoms with Crippen LogP contribution in [-0.2, 0) is 32.6 Å². The SMILES string of the molecule is Cc1cccc(N(CC(=O)N(Cc2c(Cl)cccc2Cl)[C@H](Cc2ccccc2)C(=O)NCC(C)C)S(=O)(=O)c2ccccc2)c1C. The molecule has 0 aliphatic rings. The minimum Gasteiger partial charge on any atom is -0.354 e. The molecule has 242 valence electrons. The molecule has 2 amide bonds. The van der Waals surface area contributed by atoms with Gasteiger partial charge in [-0.05, 0) is 66.8 Å². The van der Waals surface area contributed by atoms with Gasteiger partial charge in [0, 0.05) is 35.1 Å². The van der Waals surface area contributed by atoms with E-state index in [9.17, 15) is 18.0 Å². The number of nitrogens with zero attached hydrogens (tertiary/aromatic N) is 2. The van der Waals surface area contributed by atoms with Crippen LogP contribution >= 0.6 is 23.2 Å². The Kier molecular flexibility index (Phi) is 11.9. The molecule has 0 aliphatic carbocycles. The van der Waals surface area contributed by atoms with Crippen LogP contribution in [0.2, 0.25) is 10.0 Å². The number of nitrogens with one attached hydrogen (secondary N) is 1. The van der Waals surface area contributed by atoms with E-state index in [1.54, 1.807) is 48.5 Å². The highest BCUT2D eigenvalue weighted by molar-refractivity contribution is 7.92. The van der Waals surface area contributed by atoms with E-state index >= 15 is 0 Å². The molecular weight excluding hydrogens is 641 g/mol. The number of sulfonamides is 1. The third-order valence-corrected chi connectivity index (χ3v) is 10.3. The fourth-order valence-electron chi connectivity index (χ4n) is 5.07. The molecule has 0 spiro atoms. The Balaban J connectivity index is 1.86. The zero-order chi connectivity index (χ0) is 33.4. The summed E-state index contributed by atoms with van der Waals surface area (Å²) in [5, 5.41) is 3.64. The Hall–Kier alpha value is -3.85. The summed E-state index contributed by atoms with van der Waals surface area (Å²) in [5.41, 5.74) is 3.24. The second-order valence-electron chi connectivity index (χ2n) is 11.6. The average molecular weight is 681 g/mol. The van der Waals surface area contributed by atoms with Gasteiger partial charge in [0.1, 0.15) is 12.6 Å². The maximum absolute atomic E-state index is 14.7. The zero-order valence-electron chi connectivity index (χ0n) is 26.4. The molecule has 0 unspecified atom stereocenters. The molecule has 0 fully saturated rings. The molecule has 10 heteroatoms. The van der Waals surface area contributed by atoms with E-state index in [-0.39, 0.29) is 29.7 Å². The summed E-state index contributed by atoms with van der Waals surface area (Å²) in [6.45, 7) is 7.39. The average Bonchev–Trinajstić information content (AvgIpc) is 3.03. The van der Waals surface area contributed by atoms with Crippen LogP contribution in [0.25, 0.3) is 0 Å². The summed E-state index contributed by atoms with van der Waals surface area (Å²) in [5.74, 6) is -0.783. The van der Waals surface area contributed by atoms with Gasteiger partial charge in [-0.2, -0.15) is 0 Å². The number of anilines is 1. The summed E-state index contributed by atoms with van der Waals surface area (Å²) in [4.78, 5) is 30.0. The molecule has 0 radical (unpaired) electrons. The van der Waals surface area contributed by atoms with Crippen LogP contribution in [0, 0.1) is 19.8 Å². The molecular formula is C36H39Cl2N3O4S. The Bertz CT molecular complexity index is 1750. The minimum absolute atomic E-state index is 0.0416. The van der Waals surface area contributed by atoms with Crippen molar-refractivity contribution >= 4 is 50.7 Å². The lowest BCUT2D eigenvalue weighted by Crippen LogP contribution is -2.54. The van der Waals surface area contributed by atoms with Gasteiger partial charge >= 0.3 is 0 Å². The number of carbonyl (C=O) groups is 2. The smallest absolute Gasteiger partial charge is 0.264 e. The van der Waals surface area contributed by atoms with Gasteiger partial charge in [0.25, 0.3) is 10.0 Å². The number of benzene rings is 4. The maximum Gasteiger partial charge on any atom is 0.264 e. The van der Waals surface area contributed by atoms with Crippen LogP contribution in [0.4, 0.5) is 5.69 Å². The number of carbonyl (C=O) groups excluding carboxylic acids is 2. The molecule has 0 bridgehead atoms. The molecule has 7 nitrogen and oxygen atoms in total. The number of rotatable bonds is 13. The Labute approximate surface area is 282 Å². The lowest BCUT2D eigenvalue weighted by molar-refractivity contribution is -0.140. The van der Waals surface area contributed by atoms with E-state index in [2.05, 4.69) is 5.32 Å². The Morgan fingerprint density at radius 3 is 2.00 bits per heavy atom. The van der Waals surface area contributed by atoms with Crippen molar-refractivity contribution in [1.82, 2.24) is 10.2 Å². The first-order valence-electron chi connectivity index (χ1n) is 15.1. The number of aryl methyl sites for hydroxylation is 1. The molecule has 0 aromatic heterocycles. The number of amides is 2. The van der Waals surface area contributed by atoms with Crippen LogP contribution in [0.3, 0.4) is 0 Å². The fourth-order valence-corrected chi connectivity index (χ4v) is 7.08. The van der Waals surface area contributed by atoms with Gasteiger partial charge in [0.2, 0.25) is 11.8 Å². The fraction of sp³-hybridized carbons (Fsp3) is 0.278. The molecule has 1 N–H and O–H groups in total. The molecule has 4 rings (SSSR count). The lowest BCUT2D eigenvalue weighted by Gasteiger charge is -2.34. The summed E-state index contributed by atoms with van der Waals surface area (Å²) < 4.78 is 29.6. The highest BCUT2D eigenvalue weighted by Gasteiger charge is 2.35. The number of hydrogen-bond acceptors (Lipinski definition) is 4. The van der Waals surface area contributed by atoms with Crippen molar-refractivity contribution in [2.75, 3.05) is 17.4 Å². The van der Waals surface area contributed by atoms with Crippen LogP contribution in [0.15, 0.2) is 102 Å². The first-order chi connectivity index (χ1) is 21.9. The van der Waals surface area contributed by atoms with E-state index in [1.807, 2.05) is 64.1 Å². The maximum atomic E-state index is 14.7. The number of hydrogen-bond donors (Lipinski definition) is 1. The second-order valence-corrected chi connectivity index (χ2v) is 14.3. The van der Waals surface area contributed by atoms with Gasteiger partial charge in [-0.1, -0.05) is 104 Å². The van der Waals surface area contributed by atoms with Crippen molar-refractivity contribution < 1.29 is 18.0 Å². The predicted octanol–water partition coefficient (Wildman–Crippen LogP) is 7.22. The molecule has 46 heavy (non-hydrogen) atoms. The zero-order valence-corrected chi connectivity index (χ0v) is 28.7. The highest BCUT2D eigenvalue weighted by atomic mass is 35.5. The third-order valence-electron chi connectivity index (χ3n) is 7.80. The monoisotopic (exact) mass is 679 g/mol. The van der Waals surface area contributed by atoms with Gasteiger partial charge in [0.05, 0.1) is 10.6 Å². The van der Waals surface area contributed by atoms with Crippen molar-refractivity contribution in [3.63, 3.8) is 0 Å². The van der Waals surface area contributed by atoms with E-state index in [4.69, 9.17) is 23.2 Å². The summed E-state index contributed by atoms with van der Waals surface area (Å²) in [6, 6.07) is 26.7. The molecule has 1 atom stereocenters. The standard InChI is InChI=1S/C36H39Cl2N3O4S/c1-25(2)22-39-36(43)34(21-28-14-7-5-8-15-28)40(23-30-31(37)18-12-19-32(30)38)35(42)24-41(33-20-11-13-26(3)27(33)4)46(44,45)29-16-9-6-10-17-29/h5-20,25,34H,21-24H2,1-4H3,(H,39,43)/t34-/m1/s1. The first-order valence-corrected chi connectivity index (χ1v) is 17.3. The molecule has 0 saturated carbocycles. The highest BCUT2D eigenvalue weighted by Crippen LogP contribution is 2.31. The van der Waals surface area contributed by atoms with Crippen LogP contribution in [0.1, 0.15) is 36.1 Å². The summed E-state index contributed by atoms with van der Waals surface area (Å²) >= 11 is 13.2. The topological polar surface area (TPSA) is 86.8 Å². The largest absolute Gasteiger partial charge is 0.354 e. The van der Waals surface area contributed by atoms with Crippen molar-refractivity contribution in [3.8, 4) is 0 Å². The van der Waals surface area contributed by atoms with Crippen molar-refractivity contribution in [2.45, 2.75) is 51.6 Å². The second kappa shape index (κ2) is 15.6. The quantitative estimate of drug-likeness (QED) is 0.162. The van der Waals surface area contributed by atoms with Gasteiger partial charge in [-0.3, -0.25) is 13.9 Å². The van der Waals surface area contributed by atoms with Crippen LogP contribution in [0.5, 0.6) is 0 Å². The first kappa shape index (κ1) is 35.0. The minimum atomic E-state index is -4.20. The van der Waals surface area contributed by atoms with Crippen LogP contribution in [-0.4, -0.2) is 44.3 Å². The molecule has 0 heterocycles. The summed E-state index contributed by atoms with van der Waals surface area (Å²) in [6.07, 6.45) is 0.188. The molecule has 0 aliphatic heterocycles. The van der Waals surface area contributed by atoms with Gasteiger partial charge < -0.3 is 10.2 Å². The molecule has 4 aromatic carbocycles. The van der Waals surface area contributed by atoms with Crippen molar-refractivity contribution in [2.24, 2.45) is 5.92 Å².